The average molecular weight is 270 g/mol. The van der Waals surface area contributed by atoms with Gasteiger partial charge >= 0.3 is 0 Å². The number of carbonyl (C=O) groups is 1. The monoisotopic (exact) mass is 270 g/mol. The highest BCUT2D eigenvalue weighted by molar-refractivity contribution is 5.94. The minimum Gasteiger partial charge on any atom is -0.352 e. The second kappa shape index (κ2) is 4.88. The standard InChI is InChI=1S/C17H22N2O/c20-17(13-3-4-14-8-18-9-16(14)7-13)19-10-15-6-11-1-2-12(15)5-11/h3-4,7,11-12,15,18H,1-2,5-6,8-10H2,(H,19,20). The molecule has 0 radical (unpaired) electrons. The number of nitrogens with one attached hydrogen (secondary N) is 2. The van der Waals surface area contributed by atoms with Gasteiger partial charge in [-0.25, -0.2) is 0 Å². The minimum atomic E-state index is 0.0995. The summed E-state index contributed by atoms with van der Waals surface area (Å²) in [6, 6.07) is 6.09. The van der Waals surface area contributed by atoms with Crippen LogP contribution < -0.4 is 10.6 Å². The van der Waals surface area contributed by atoms with E-state index < -0.39 is 0 Å². The Hall–Kier alpha value is -1.35. The van der Waals surface area contributed by atoms with Crippen molar-refractivity contribution in [2.75, 3.05) is 6.54 Å². The number of rotatable bonds is 3. The van der Waals surface area contributed by atoms with Crippen LogP contribution in [-0.2, 0) is 13.1 Å². The van der Waals surface area contributed by atoms with Crippen molar-refractivity contribution in [1.29, 1.82) is 0 Å². The smallest absolute Gasteiger partial charge is 0.251 e. The molecular weight excluding hydrogens is 248 g/mol. The molecule has 2 N–H and O–H groups in total. The number of benzene rings is 1. The Morgan fingerprint density at radius 1 is 1.20 bits per heavy atom. The summed E-state index contributed by atoms with van der Waals surface area (Å²) in [6.07, 6.45) is 5.55. The maximum absolute atomic E-state index is 12.3. The van der Waals surface area contributed by atoms with Gasteiger partial charge < -0.3 is 10.6 Å². The zero-order chi connectivity index (χ0) is 13.5. The molecule has 3 aliphatic rings. The highest BCUT2D eigenvalue weighted by atomic mass is 16.1. The Labute approximate surface area is 120 Å². The van der Waals surface area contributed by atoms with Gasteiger partial charge in [0.15, 0.2) is 0 Å². The highest BCUT2D eigenvalue weighted by Crippen LogP contribution is 2.47. The van der Waals surface area contributed by atoms with E-state index in [0.29, 0.717) is 0 Å². The maximum Gasteiger partial charge on any atom is 0.251 e. The van der Waals surface area contributed by atoms with Crippen LogP contribution in [-0.4, -0.2) is 12.5 Å². The van der Waals surface area contributed by atoms with Gasteiger partial charge in [-0.05, 0) is 60.3 Å². The van der Waals surface area contributed by atoms with Crippen molar-refractivity contribution in [2.24, 2.45) is 17.8 Å². The van der Waals surface area contributed by atoms with Crippen LogP contribution in [0.25, 0.3) is 0 Å². The number of amides is 1. The van der Waals surface area contributed by atoms with Crippen LogP contribution in [0, 0.1) is 17.8 Å². The Bertz CT molecular complexity index is 540. The predicted octanol–water partition coefficient (Wildman–Crippen LogP) is 2.46. The third-order valence-corrected chi connectivity index (χ3v) is 5.51. The summed E-state index contributed by atoms with van der Waals surface area (Å²) in [5.74, 6) is 2.66. The number of fused-ring (bicyclic) bond motifs is 3. The fraction of sp³-hybridized carbons (Fsp3) is 0.588. The van der Waals surface area contributed by atoms with Gasteiger partial charge in [-0.2, -0.15) is 0 Å². The third kappa shape index (κ3) is 2.14. The number of hydrogen-bond donors (Lipinski definition) is 2. The average Bonchev–Trinajstić information content (AvgIpc) is 3.19. The van der Waals surface area contributed by atoms with Crippen molar-refractivity contribution in [3.8, 4) is 0 Å². The van der Waals surface area contributed by atoms with Crippen molar-refractivity contribution >= 4 is 5.91 Å². The van der Waals surface area contributed by atoms with Crippen molar-refractivity contribution in [1.82, 2.24) is 10.6 Å². The first kappa shape index (κ1) is 12.4. The molecule has 0 saturated heterocycles. The van der Waals surface area contributed by atoms with E-state index in [2.05, 4.69) is 16.7 Å². The summed E-state index contributed by atoms with van der Waals surface area (Å²) >= 11 is 0. The van der Waals surface area contributed by atoms with E-state index in [0.717, 1.165) is 43.0 Å². The van der Waals surface area contributed by atoms with E-state index in [4.69, 9.17) is 0 Å². The van der Waals surface area contributed by atoms with E-state index >= 15 is 0 Å². The van der Waals surface area contributed by atoms with Gasteiger partial charge in [0.25, 0.3) is 5.91 Å². The van der Waals surface area contributed by atoms with E-state index in [1.807, 2.05) is 12.1 Å². The Morgan fingerprint density at radius 2 is 2.10 bits per heavy atom. The number of carbonyl (C=O) groups excluding carboxylic acids is 1. The van der Waals surface area contributed by atoms with Gasteiger partial charge in [0.1, 0.15) is 0 Å². The summed E-state index contributed by atoms with van der Waals surface area (Å²) in [5, 5.41) is 6.47. The Balaban J connectivity index is 1.38. The largest absolute Gasteiger partial charge is 0.352 e. The Kier molecular flexibility index (Phi) is 3.03. The second-order valence-corrected chi connectivity index (χ2v) is 6.73. The van der Waals surface area contributed by atoms with Crippen molar-refractivity contribution in [3.63, 3.8) is 0 Å². The van der Waals surface area contributed by atoms with Gasteiger partial charge in [0.2, 0.25) is 0 Å². The van der Waals surface area contributed by atoms with Gasteiger partial charge in [-0.3, -0.25) is 4.79 Å². The lowest BCUT2D eigenvalue weighted by molar-refractivity contribution is 0.0941. The zero-order valence-corrected chi connectivity index (χ0v) is 11.8. The molecule has 3 nitrogen and oxygen atoms in total. The molecule has 1 aromatic carbocycles. The fourth-order valence-corrected chi connectivity index (χ4v) is 4.39. The topological polar surface area (TPSA) is 41.1 Å². The Morgan fingerprint density at radius 3 is 2.90 bits per heavy atom. The first-order valence-corrected chi connectivity index (χ1v) is 7.90. The molecule has 0 aromatic heterocycles. The fourth-order valence-electron chi connectivity index (χ4n) is 4.39. The molecule has 106 valence electrons. The summed E-state index contributed by atoms with van der Waals surface area (Å²) < 4.78 is 0. The molecule has 1 aliphatic heterocycles. The molecule has 20 heavy (non-hydrogen) atoms. The lowest BCUT2D eigenvalue weighted by Crippen LogP contribution is -2.31. The quantitative estimate of drug-likeness (QED) is 0.886. The first-order valence-electron chi connectivity index (χ1n) is 7.90. The lowest BCUT2D eigenvalue weighted by Gasteiger charge is -2.21. The summed E-state index contributed by atoms with van der Waals surface area (Å²) in [7, 11) is 0. The lowest BCUT2D eigenvalue weighted by atomic mass is 9.89. The summed E-state index contributed by atoms with van der Waals surface area (Å²) in [6.45, 7) is 2.69. The molecule has 0 spiro atoms. The molecule has 1 heterocycles. The van der Waals surface area contributed by atoms with E-state index in [-0.39, 0.29) is 5.91 Å². The third-order valence-electron chi connectivity index (χ3n) is 5.51. The van der Waals surface area contributed by atoms with Gasteiger partial charge in [-0.15, -0.1) is 0 Å². The van der Waals surface area contributed by atoms with Crippen LogP contribution in [0.2, 0.25) is 0 Å². The van der Waals surface area contributed by atoms with Gasteiger partial charge in [0, 0.05) is 25.2 Å². The molecule has 4 rings (SSSR count). The zero-order valence-electron chi connectivity index (χ0n) is 11.8. The molecule has 2 aliphatic carbocycles. The van der Waals surface area contributed by atoms with Crippen LogP contribution >= 0.6 is 0 Å². The predicted molar refractivity (Wildman–Crippen MR) is 78.3 cm³/mol. The maximum atomic E-state index is 12.3. The summed E-state index contributed by atoms with van der Waals surface area (Å²) in [5.41, 5.74) is 3.42. The SMILES string of the molecule is O=C(NCC1CC2CCC1C2)c1ccc2c(c1)CNC2. The molecule has 3 unspecified atom stereocenters. The molecular formula is C17H22N2O. The molecule has 2 fully saturated rings. The molecule has 2 saturated carbocycles. The normalized spacial score (nSPS) is 30.5. The van der Waals surface area contributed by atoms with Crippen LogP contribution in [0.1, 0.15) is 47.2 Å². The molecule has 3 heteroatoms. The van der Waals surface area contributed by atoms with Crippen LogP contribution in [0.15, 0.2) is 18.2 Å². The van der Waals surface area contributed by atoms with Crippen molar-refractivity contribution in [2.45, 2.75) is 38.8 Å². The summed E-state index contributed by atoms with van der Waals surface area (Å²) in [4.78, 5) is 12.3. The molecule has 2 bridgehead atoms. The van der Waals surface area contributed by atoms with Crippen molar-refractivity contribution < 1.29 is 4.79 Å². The molecule has 3 atom stereocenters. The van der Waals surface area contributed by atoms with E-state index in [1.54, 1.807) is 0 Å². The first-order chi connectivity index (χ1) is 9.79. The number of hydrogen-bond acceptors (Lipinski definition) is 2. The highest BCUT2D eigenvalue weighted by Gasteiger charge is 2.39. The van der Waals surface area contributed by atoms with Crippen LogP contribution in [0.4, 0.5) is 0 Å². The van der Waals surface area contributed by atoms with Gasteiger partial charge in [0.05, 0.1) is 0 Å². The van der Waals surface area contributed by atoms with Gasteiger partial charge in [-0.1, -0.05) is 12.5 Å². The van der Waals surface area contributed by atoms with E-state index in [9.17, 15) is 4.79 Å². The molecule has 1 amide bonds. The van der Waals surface area contributed by atoms with Crippen LogP contribution in [0.5, 0.6) is 0 Å². The minimum absolute atomic E-state index is 0.0995. The molecule has 1 aromatic rings. The second-order valence-electron chi connectivity index (χ2n) is 6.73. The van der Waals surface area contributed by atoms with Crippen LogP contribution in [0.3, 0.4) is 0 Å². The van der Waals surface area contributed by atoms with E-state index in [1.165, 1.54) is 36.8 Å². The van der Waals surface area contributed by atoms with Crippen molar-refractivity contribution in [3.05, 3.63) is 34.9 Å².